The van der Waals surface area contributed by atoms with Crippen LogP contribution in [0.3, 0.4) is 0 Å². The van der Waals surface area contributed by atoms with Crippen LogP contribution in [0.2, 0.25) is 0 Å². The number of ether oxygens (including phenoxy) is 2. The van der Waals surface area contributed by atoms with Crippen LogP contribution < -0.4 is 14.2 Å². The normalized spacial score (nSPS) is 20.5. The fourth-order valence-corrected chi connectivity index (χ4v) is 7.55. The van der Waals surface area contributed by atoms with Crippen LogP contribution in [0.25, 0.3) is 11.3 Å². The number of rotatable bonds is 7. The minimum Gasteiger partial charge on any atom is -0.488 e. The first-order chi connectivity index (χ1) is 22.9. The summed E-state index contributed by atoms with van der Waals surface area (Å²) in [4.78, 5) is 34.7. The summed E-state index contributed by atoms with van der Waals surface area (Å²) < 4.78 is 42.1. The van der Waals surface area contributed by atoms with Crippen molar-refractivity contribution in [3.63, 3.8) is 0 Å². The van der Waals surface area contributed by atoms with Crippen LogP contribution in [0.5, 0.6) is 11.6 Å². The molecule has 1 amide bonds. The zero-order valence-corrected chi connectivity index (χ0v) is 29.0. The molecule has 1 saturated carbocycles. The number of carbonyl (C=O) groups excluding carboxylic acids is 1. The van der Waals surface area contributed by atoms with Crippen LogP contribution in [0.15, 0.2) is 65.8 Å². The van der Waals surface area contributed by atoms with E-state index in [0.29, 0.717) is 23.7 Å². The molecule has 1 aliphatic heterocycles. The smallest absolute Gasteiger partial charge is 0.264 e. The summed E-state index contributed by atoms with van der Waals surface area (Å²) in [6.07, 6.45) is 5.54. The second-order valence-electron chi connectivity index (χ2n) is 13.3. The van der Waals surface area contributed by atoms with Crippen molar-refractivity contribution in [2.75, 3.05) is 11.3 Å². The van der Waals surface area contributed by atoms with Gasteiger partial charge in [0.05, 0.1) is 35.1 Å². The Bertz CT molecular complexity index is 1890. The first-order valence-electron chi connectivity index (χ1n) is 16.4. The van der Waals surface area contributed by atoms with Crippen molar-refractivity contribution in [3.8, 4) is 22.9 Å². The van der Waals surface area contributed by atoms with Gasteiger partial charge in [0, 0.05) is 29.2 Å². The number of nitrogens with one attached hydrogen (secondary N) is 1. The number of hydrogen-bond donors (Lipinski definition) is 1. The molecule has 1 N–H and O–H groups in total. The van der Waals surface area contributed by atoms with Gasteiger partial charge in [0.25, 0.3) is 15.9 Å². The number of nitrogens with zero attached hydrogens (tertiary/aromatic N) is 5. The van der Waals surface area contributed by atoms with Gasteiger partial charge in [0.15, 0.2) is 5.75 Å². The van der Waals surface area contributed by atoms with Gasteiger partial charge < -0.3 is 14.4 Å². The summed E-state index contributed by atoms with van der Waals surface area (Å²) in [6, 6.07) is 13.2. The van der Waals surface area contributed by atoms with Gasteiger partial charge in [-0.1, -0.05) is 38.1 Å². The van der Waals surface area contributed by atoms with Crippen molar-refractivity contribution in [1.82, 2.24) is 24.8 Å². The molecular weight excluding hydrogens is 629 g/mol. The van der Waals surface area contributed by atoms with E-state index >= 15 is 0 Å². The largest absolute Gasteiger partial charge is 0.488 e. The fourth-order valence-electron chi connectivity index (χ4n) is 6.56. The maximum atomic E-state index is 14.6. The average molecular weight is 671 g/mol. The van der Waals surface area contributed by atoms with E-state index in [1.54, 1.807) is 30.6 Å². The van der Waals surface area contributed by atoms with Crippen molar-refractivity contribution in [1.29, 1.82) is 0 Å². The molecule has 3 heterocycles. The minimum absolute atomic E-state index is 0.00518. The number of sulfonamides is 1. The number of anilines is 1. The Morgan fingerprint density at radius 2 is 1.69 bits per heavy atom. The lowest BCUT2D eigenvalue weighted by molar-refractivity contribution is 0.0204. The van der Waals surface area contributed by atoms with E-state index in [2.05, 4.69) is 38.5 Å². The van der Waals surface area contributed by atoms with Crippen LogP contribution in [-0.2, 0) is 10.0 Å². The number of aromatic nitrogens is 4. The number of amides is 1. The van der Waals surface area contributed by atoms with Crippen molar-refractivity contribution in [3.05, 3.63) is 83.4 Å². The minimum atomic E-state index is -4.16. The molecule has 4 bridgehead atoms. The van der Waals surface area contributed by atoms with E-state index in [1.807, 2.05) is 50.8 Å². The van der Waals surface area contributed by atoms with Crippen molar-refractivity contribution in [2.24, 2.45) is 5.92 Å². The predicted octanol–water partition coefficient (Wildman–Crippen LogP) is 6.33. The molecule has 2 aromatic heterocycles. The van der Waals surface area contributed by atoms with Gasteiger partial charge in [-0.15, -0.1) is 0 Å². The first kappa shape index (κ1) is 33.3. The number of carbonyl (C=O) groups is 1. The summed E-state index contributed by atoms with van der Waals surface area (Å²) in [5.74, 6) is 1.17. The highest BCUT2D eigenvalue weighted by atomic mass is 32.2. The summed E-state index contributed by atoms with van der Waals surface area (Å²) in [5.41, 5.74) is 3.63. The molecular formula is C36H42N6O5S. The van der Waals surface area contributed by atoms with Gasteiger partial charge >= 0.3 is 0 Å². The van der Waals surface area contributed by atoms with E-state index in [4.69, 9.17) is 9.47 Å². The maximum Gasteiger partial charge on any atom is 0.264 e. The lowest BCUT2D eigenvalue weighted by atomic mass is 9.76. The van der Waals surface area contributed by atoms with E-state index in [9.17, 15) is 13.2 Å². The second-order valence-corrected chi connectivity index (χ2v) is 15.0. The molecule has 11 nitrogen and oxygen atoms in total. The third-order valence-corrected chi connectivity index (χ3v) is 10.1. The molecule has 0 radical (unpaired) electrons. The Labute approximate surface area is 282 Å². The molecule has 2 aromatic carbocycles. The molecule has 1 fully saturated rings. The highest BCUT2D eigenvalue weighted by Gasteiger charge is 2.44. The van der Waals surface area contributed by atoms with Crippen LogP contribution in [0.1, 0.15) is 80.2 Å². The summed E-state index contributed by atoms with van der Waals surface area (Å²) in [5, 5.41) is 0. The maximum absolute atomic E-state index is 14.6. The summed E-state index contributed by atoms with van der Waals surface area (Å²) in [6.45, 7) is 12.2. The van der Waals surface area contributed by atoms with E-state index in [1.165, 1.54) is 12.1 Å². The third-order valence-electron chi connectivity index (χ3n) is 8.80. The van der Waals surface area contributed by atoms with Gasteiger partial charge in [-0.2, -0.15) is 4.98 Å². The predicted molar refractivity (Wildman–Crippen MR) is 183 cm³/mol. The average Bonchev–Trinajstić information content (AvgIpc) is 3.01. The van der Waals surface area contributed by atoms with Crippen LogP contribution in [0.4, 0.5) is 5.95 Å². The zero-order chi connectivity index (χ0) is 34.2. The van der Waals surface area contributed by atoms with Crippen LogP contribution in [0, 0.1) is 19.8 Å². The zero-order valence-electron chi connectivity index (χ0n) is 28.2. The highest BCUT2D eigenvalue weighted by Crippen LogP contribution is 2.42. The number of benzene rings is 2. The molecule has 12 heteroatoms. The molecule has 3 atom stereocenters. The van der Waals surface area contributed by atoms with Crippen molar-refractivity contribution >= 4 is 21.9 Å². The third kappa shape index (κ3) is 6.99. The summed E-state index contributed by atoms with van der Waals surface area (Å²) >= 11 is 0. The van der Waals surface area contributed by atoms with E-state index in [0.717, 1.165) is 29.5 Å². The van der Waals surface area contributed by atoms with Gasteiger partial charge in [0.2, 0.25) is 11.8 Å². The van der Waals surface area contributed by atoms with Gasteiger partial charge in [-0.25, -0.2) is 28.1 Å². The Hall–Kier alpha value is -4.58. The summed E-state index contributed by atoms with van der Waals surface area (Å²) in [7, 11) is -4.16. The first-order valence-corrected chi connectivity index (χ1v) is 17.9. The number of hydrogen-bond acceptors (Lipinski definition) is 9. The van der Waals surface area contributed by atoms with Crippen molar-refractivity contribution in [2.45, 2.75) is 89.8 Å². The standard InChI is InChI=1S/C36H42N6O5S/c1-21(2)15-26-20-46-32-17-30(33-23(5)9-7-10-24(33)6)39-36(40-32)41-48(44,45)28-12-8-11-25(16-28)35(43)42(26)31-14-13-29(31)34-37-18-27(19-38-34)47-22(3)4/h7-12,16-19,21-22,26,29,31H,13-15,20H2,1-6H3,(H,39,40,41)/t26-,29?,31?/m1/s1. The molecule has 4 aromatic rings. The lowest BCUT2D eigenvalue weighted by Crippen LogP contribution is -2.56. The van der Waals surface area contributed by atoms with Crippen LogP contribution in [-0.4, -0.2) is 64.0 Å². The molecule has 2 unspecified atom stereocenters. The number of fused-ring (bicyclic) bond motifs is 4. The lowest BCUT2D eigenvalue weighted by Gasteiger charge is -2.47. The monoisotopic (exact) mass is 670 g/mol. The Balaban J connectivity index is 1.45. The number of aryl methyl sites for hydroxylation is 2. The quantitative estimate of drug-likeness (QED) is 0.239. The van der Waals surface area contributed by atoms with Gasteiger partial charge in [-0.3, -0.25) is 4.79 Å². The van der Waals surface area contributed by atoms with Crippen LogP contribution >= 0.6 is 0 Å². The van der Waals surface area contributed by atoms with Gasteiger partial charge in [0.1, 0.15) is 12.4 Å². The van der Waals surface area contributed by atoms with Gasteiger partial charge in [-0.05, 0) is 82.2 Å². The Kier molecular flexibility index (Phi) is 9.37. The molecule has 252 valence electrons. The molecule has 0 spiro atoms. The molecule has 6 rings (SSSR count). The molecule has 2 aliphatic rings. The Morgan fingerprint density at radius 1 is 0.979 bits per heavy atom. The van der Waals surface area contributed by atoms with E-state index < -0.39 is 10.0 Å². The molecule has 0 saturated heterocycles. The topological polar surface area (TPSA) is 136 Å². The Morgan fingerprint density at radius 3 is 2.33 bits per heavy atom. The molecule has 1 aliphatic carbocycles. The second kappa shape index (κ2) is 13.5. The van der Waals surface area contributed by atoms with E-state index in [-0.39, 0.29) is 64.8 Å². The SMILES string of the molecule is Cc1cccc(C)c1-c1cc2nc(n1)NS(=O)(=O)c1cccc(c1)C(=O)N(C1CCC1c1ncc(OC(C)C)cn1)[C@H](CC(C)C)CO2. The highest BCUT2D eigenvalue weighted by molar-refractivity contribution is 7.92. The molecule has 48 heavy (non-hydrogen) atoms. The van der Waals surface area contributed by atoms with Crippen molar-refractivity contribution < 1.29 is 22.7 Å². The fraction of sp³-hybridized carbons (Fsp3) is 0.417.